The number of hydrogen-bond donors (Lipinski definition) is 2. The van der Waals surface area contributed by atoms with Gasteiger partial charge in [0, 0.05) is 36.0 Å². The highest BCUT2D eigenvalue weighted by atomic mass is 19.4. The fourth-order valence-corrected chi connectivity index (χ4v) is 4.06. The van der Waals surface area contributed by atoms with Crippen molar-refractivity contribution in [1.29, 1.82) is 5.26 Å². The molecule has 0 spiro atoms. The van der Waals surface area contributed by atoms with Crippen LogP contribution in [0.25, 0.3) is 0 Å². The van der Waals surface area contributed by atoms with Gasteiger partial charge in [-0.3, -0.25) is 19.2 Å². The highest BCUT2D eigenvalue weighted by Crippen LogP contribution is 2.31. The molecule has 12 heteroatoms. The second-order valence-corrected chi connectivity index (χ2v) is 8.01. The summed E-state index contributed by atoms with van der Waals surface area (Å²) in [5.74, 6) is -1.43. The van der Waals surface area contributed by atoms with E-state index < -0.39 is 24.9 Å². The second kappa shape index (κ2) is 9.73. The van der Waals surface area contributed by atoms with E-state index in [0.717, 1.165) is 0 Å². The number of hydrogen-bond acceptors (Lipinski definition) is 7. The summed E-state index contributed by atoms with van der Waals surface area (Å²) in [5, 5.41) is 13.3. The lowest BCUT2D eigenvalue weighted by Gasteiger charge is -2.36. The molecule has 1 fully saturated rings. The smallest absolute Gasteiger partial charge is 0.326 e. The number of nitrogens with one attached hydrogen (secondary N) is 2. The van der Waals surface area contributed by atoms with Crippen LogP contribution in [0.1, 0.15) is 18.2 Å². The van der Waals surface area contributed by atoms with Crippen LogP contribution in [-0.2, 0) is 20.7 Å². The molecule has 2 amide bonds. The Morgan fingerprint density at radius 2 is 2.06 bits per heavy atom. The van der Waals surface area contributed by atoms with Crippen LogP contribution >= 0.6 is 0 Å². The average Bonchev–Trinajstić information content (AvgIpc) is 3.23. The number of halogens is 3. The minimum absolute atomic E-state index is 0.0631. The first-order valence-electron chi connectivity index (χ1n) is 10.7. The van der Waals surface area contributed by atoms with Crippen molar-refractivity contribution in [3.63, 3.8) is 0 Å². The second-order valence-electron chi connectivity index (χ2n) is 8.01. The molecule has 4 rings (SSSR count). The molecule has 2 aliphatic heterocycles. The highest BCUT2D eigenvalue weighted by Gasteiger charge is 2.47. The average molecular weight is 486 g/mol. The van der Waals surface area contributed by atoms with E-state index in [1.807, 2.05) is 6.07 Å². The molecule has 2 aliphatic rings. The summed E-state index contributed by atoms with van der Waals surface area (Å²) in [5.41, 5.74) is 5.37. The van der Waals surface area contributed by atoms with Crippen molar-refractivity contribution in [2.24, 2.45) is 5.92 Å². The van der Waals surface area contributed by atoms with E-state index in [0.29, 0.717) is 22.6 Å². The number of alkyl halides is 3. The van der Waals surface area contributed by atoms with Gasteiger partial charge in [0.25, 0.3) is 5.91 Å². The van der Waals surface area contributed by atoms with Gasteiger partial charge < -0.3 is 10.3 Å². The van der Waals surface area contributed by atoms with Gasteiger partial charge in [-0.1, -0.05) is 12.1 Å². The zero-order valence-corrected chi connectivity index (χ0v) is 18.5. The molecular formula is C23H21F3N6O3. The number of hydrazine groups is 1. The van der Waals surface area contributed by atoms with Crippen LogP contribution in [-0.4, -0.2) is 47.4 Å². The zero-order valence-electron chi connectivity index (χ0n) is 18.5. The summed E-state index contributed by atoms with van der Waals surface area (Å²) in [6, 6.07) is 10.7. The number of fused-ring (bicyclic) bond motifs is 1. The van der Waals surface area contributed by atoms with Crippen molar-refractivity contribution in [3.8, 4) is 6.07 Å². The van der Waals surface area contributed by atoms with Gasteiger partial charge in [-0.25, -0.2) is 10.4 Å². The molecule has 0 saturated carbocycles. The number of ether oxygens (including phenoxy) is 1. The van der Waals surface area contributed by atoms with Gasteiger partial charge in [-0.05, 0) is 43.2 Å². The standard InChI is InChI=1S/C23H21F3N6O3/c1-14-13-31-20(19(12-29-31)21(33)30-16-6-8-28-17(10-16)11-27)22(34)32(14)18-4-2-15(3-5-18)7-9-35-23(24,25)26/h2-6,8,10,13,19-20,29H,7,9,12H2,1H3,(H,28,30,33). The van der Waals surface area contributed by atoms with E-state index >= 15 is 0 Å². The Labute approximate surface area is 198 Å². The molecule has 1 aromatic heterocycles. The number of carbonyl (C=O) groups is 2. The Morgan fingerprint density at radius 3 is 2.74 bits per heavy atom. The maximum absolute atomic E-state index is 13.5. The summed E-state index contributed by atoms with van der Waals surface area (Å²) >= 11 is 0. The maximum atomic E-state index is 13.5. The molecule has 2 unspecified atom stereocenters. The molecule has 0 radical (unpaired) electrons. The van der Waals surface area contributed by atoms with E-state index in [9.17, 15) is 22.8 Å². The van der Waals surface area contributed by atoms with Crippen LogP contribution in [0.5, 0.6) is 0 Å². The van der Waals surface area contributed by atoms with Crippen LogP contribution in [0.15, 0.2) is 54.5 Å². The fourth-order valence-electron chi connectivity index (χ4n) is 4.06. The number of nitrogens with zero attached hydrogens (tertiary/aromatic N) is 4. The number of amides is 2. The SMILES string of the molecule is CC1=CN2NCC(C(=O)Nc3ccnc(C#N)c3)C2C(=O)N1c1ccc(CCOC(F)(F)F)cc1. The van der Waals surface area contributed by atoms with Gasteiger partial charge in [0.15, 0.2) is 0 Å². The predicted octanol–water partition coefficient (Wildman–Crippen LogP) is 2.68. The topological polar surface area (TPSA) is 111 Å². The third-order valence-corrected chi connectivity index (χ3v) is 5.66. The van der Waals surface area contributed by atoms with Crippen LogP contribution in [0.4, 0.5) is 24.5 Å². The third-order valence-electron chi connectivity index (χ3n) is 5.66. The summed E-state index contributed by atoms with van der Waals surface area (Å²) < 4.78 is 40.3. The number of nitriles is 1. The molecule has 9 nitrogen and oxygen atoms in total. The van der Waals surface area contributed by atoms with Crippen LogP contribution < -0.4 is 15.6 Å². The van der Waals surface area contributed by atoms with E-state index in [-0.39, 0.29) is 30.5 Å². The third kappa shape index (κ3) is 5.42. The van der Waals surface area contributed by atoms with Gasteiger partial charge in [-0.2, -0.15) is 5.26 Å². The first-order chi connectivity index (χ1) is 16.7. The molecule has 2 atom stereocenters. The molecule has 2 aromatic rings. The molecule has 1 aromatic carbocycles. The molecule has 182 valence electrons. The minimum Gasteiger partial charge on any atom is -0.326 e. The van der Waals surface area contributed by atoms with E-state index in [2.05, 4.69) is 20.5 Å². The van der Waals surface area contributed by atoms with Crippen LogP contribution in [0.3, 0.4) is 0 Å². The van der Waals surface area contributed by atoms with Crippen LogP contribution in [0.2, 0.25) is 0 Å². The number of rotatable bonds is 6. The Morgan fingerprint density at radius 1 is 1.31 bits per heavy atom. The summed E-state index contributed by atoms with van der Waals surface area (Å²) in [4.78, 5) is 31.8. The van der Waals surface area contributed by atoms with Gasteiger partial charge in [0.1, 0.15) is 17.8 Å². The summed E-state index contributed by atoms with van der Waals surface area (Å²) in [6.07, 6.45) is -1.48. The normalized spacial score (nSPS) is 19.7. The van der Waals surface area contributed by atoms with Crippen molar-refractivity contribution in [1.82, 2.24) is 15.4 Å². The molecular weight excluding hydrogens is 465 g/mol. The number of pyridine rings is 1. The first-order valence-corrected chi connectivity index (χ1v) is 10.7. The van der Waals surface area contributed by atoms with Gasteiger partial charge in [-0.15, -0.1) is 13.2 Å². The monoisotopic (exact) mass is 486 g/mol. The number of benzene rings is 1. The number of carbonyl (C=O) groups excluding carboxylic acids is 2. The summed E-state index contributed by atoms with van der Waals surface area (Å²) in [6.45, 7) is 1.47. The lowest BCUT2D eigenvalue weighted by atomic mass is 9.97. The Hall–Kier alpha value is -3.95. The van der Waals surface area contributed by atoms with E-state index in [4.69, 9.17) is 5.26 Å². The lowest BCUT2D eigenvalue weighted by molar-refractivity contribution is -0.324. The molecule has 3 heterocycles. The maximum Gasteiger partial charge on any atom is 0.522 e. The van der Waals surface area contributed by atoms with Crippen molar-refractivity contribution in [2.45, 2.75) is 25.7 Å². The van der Waals surface area contributed by atoms with Crippen molar-refractivity contribution < 1.29 is 27.5 Å². The van der Waals surface area contributed by atoms with Gasteiger partial charge in [0.2, 0.25) is 5.91 Å². The fraction of sp³-hybridized carbons (Fsp3) is 0.304. The molecule has 1 saturated heterocycles. The Kier molecular flexibility index (Phi) is 6.72. The zero-order chi connectivity index (χ0) is 25.2. The largest absolute Gasteiger partial charge is 0.522 e. The number of aromatic nitrogens is 1. The van der Waals surface area contributed by atoms with Gasteiger partial charge in [0.05, 0.1) is 12.5 Å². The predicted molar refractivity (Wildman–Crippen MR) is 118 cm³/mol. The van der Waals surface area contributed by atoms with E-state index in [1.54, 1.807) is 48.5 Å². The number of anilines is 2. The Bertz CT molecular complexity index is 1190. The van der Waals surface area contributed by atoms with Crippen molar-refractivity contribution in [2.75, 3.05) is 23.4 Å². The molecule has 0 bridgehead atoms. The Balaban J connectivity index is 1.48. The summed E-state index contributed by atoms with van der Waals surface area (Å²) in [7, 11) is 0. The van der Waals surface area contributed by atoms with Crippen LogP contribution in [0, 0.1) is 17.2 Å². The van der Waals surface area contributed by atoms with Crippen molar-refractivity contribution >= 4 is 23.2 Å². The minimum atomic E-state index is -4.68. The molecule has 2 N–H and O–H groups in total. The lowest BCUT2D eigenvalue weighted by Crippen LogP contribution is -2.53. The first kappa shape index (κ1) is 24.2. The van der Waals surface area contributed by atoms with Crippen molar-refractivity contribution in [3.05, 3.63) is 65.7 Å². The molecule has 0 aliphatic carbocycles. The quantitative estimate of drug-likeness (QED) is 0.646. The van der Waals surface area contributed by atoms with E-state index in [1.165, 1.54) is 17.2 Å². The highest BCUT2D eigenvalue weighted by molar-refractivity contribution is 6.05. The molecule has 35 heavy (non-hydrogen) atoms. The number of allylic oxidation sites excluding steroid dienone is 1. The van der Waals surface area contributed by atoms with Gasteiger partial charge >= 0.3 is 6.36 Å².